The summed E-state index contributed by atoms with van der Waals surface area (Å²) in [6.07, 6.45) is 12.2. The second-order valence-electron chi connectivity index (χ2n) is 11.7. The molecule has 0 aromatic carbocycles. The normalized spacial score (nSPS) is 47.8. The predicted octanol–water partition coefficient (Wildman–Crippen LogP) is 6.35. The van der Waals surface area contributed by atoms with Crippen molar-refractivity contribution in [3.63, 3.8) is 0 Å². The SMILES string of the molecule is CC[C@@H]1C(=O)[C@H]2[C@@H]3CC[C@H]([C@H](C)CCC(=O)O)[C@@]3(C)CC[C@@H]2[C@@]2(C)CCCCC12. The summed E-state index contributed by atoms with van der Waals surface area (Å²) in [4.78, 5) is 25.0. The molecule has 164 valence electrons. The van der Waals surface area contributed by atoms with Gasteiger partial charge in [-0.15, -0.1) is 0 Å². The summed E-state index contributed by atoms with van der Waals surface area (Å²) in [6, 6.07) is 0. The highest BCUT2D eigenvalue weighted by molar-refractivity contribution is 5.86. The Morgan fingerprint density at radius 2 is 1.76 bits per heavy atom. The van der Waals surface area contributed by atoms with Gasteiger partial charge in [0.25, 0.3) is 0 Å². The number of hydrogen-bond acceptors (Lipinski definition) is 2. The van der Waals surface area contributed by atoms with Gasteiger partial charge in [0.05, 0.1) is 0 Å². The average Bonchev–Trinajstić information content (AvgIpc) is 3.04. The third-order valence-corrected chi connectivity index (χ3v) is 10.6. The zero-order valence-electron chi connectivity index (χ0n) is 19.1. The maximum absolute atomic E-state index is 13.9. The lowest BCUT2D eigenvalue weighted by Crippen LogP contribution is -2.59. The molecule has 0 radical (unpaired) electrons. The van der Waals surface area contributed by atoms with Crippen molar-refractivity contribution < 1.29 is 14.7 Å². The van der Waals surface area contributed by atoms with E-state index in [0.717, 1.165) is 12.8 Å². The highest BCUT2D eigenvalue weighted by Gasteiger charge is 2.64. The minimum atomic E-state index is -0.676. The average molecular weight is 403 g/mol. The lowest BCUT2D eigenvalue weighted by molar-refractivity contribution is -0.168. The third-order valence-electron chi connectivity index (χ3n) is 10.6. The van der Waals surface area contributed by atoms with E-state index >= 15 is 0 Å². The first-order valence-corrected chi connectivity index (χ1v) is 12.5. The van der Waals surface area contributed by atoms with Gasteiger partial charge in [-0.1, -0.05) is 40.5 Å². The number of fused-ring (bicyclic) bond motifs is 5. The number of hydrogen-bond donors (Lipinski definition) is 1. The Labute approximate surface area is 177 Å². The van der Waals surface area contributed by atoms with Gasteiger partial charge in [-0.3, -0.25) is 9.59 Å². The Balaban J connectivity index is 1.62. The molecule has 0 aliphatic heterocycles. The minimum Gasteiger partial charge on any atom is -0.481 e. The van der Waals surface area contributed by atoms with Crippen molar-refractivity contribution in [2.24, 2.45) is 52.3 Å². The Morgan fingerprint density at radius 1 is 1.03 bits per heavy atom. The van der Waals surface area contributed by atoms with Crippen LogP contribution in [0.5, 0.6) is 0 Å². The van der Waals surface area contributed by atoms with Crippen LogP contribution < -0.4 is 0 Å². The van der Waals surface area contributed by atoms with Gasteiger partial charge in [0.15, 0.2) is 0 Å². The van der Waals surface area contributed by atoms with E-state index in [0.29, 0.717) is 40.8 Å². The Bertz CT molecular complexity index is 656. The summed E-state index contributed by atoms with van der Waals surface area (Å²) in [6.45, 7) is 9.52. The summed E-state index contributed by atoms with van der Waals surface area (Å²) in [5, 5.41) is 9.14. The summed E-state index contributed by atoms with van der Waals surface area (Å²) in [5.41, 5.74) is 0.594. The smallest absolute Gasteiger partial charge is 0.303 e. The first-order valence-electron chi connectivity index (χ1n) is 12.5. The van der Waals surface area contributed by atoms with Crippen LogP contribution in [0.1, 0.15) is 98.3 Å². The fraction of sp³-hybridized carbons (Fsp3) is 0.923. The number of rotatable bonds is 5. The lowest BCUT2D eigenvalue weighted by atomic mass is 9.42. The fourth-order valence-corrected chi connectivity index (χ4v) is 9.24. The molecule has 4 aliphatic rings. The van der Waals surface area contributed by atoms with Crippen LogP contribution in [0.2, 0.25) is 0 Å². The molecule has 4 rings (SSSR count). The molecule has 29 heavy (non-hydrogen) atoms. The first kappa shape index (κ1) is 21.4. The van der Waals surface area contributed by atoms with Crippen LogP contribution in [0.15, 0.2) is 0 Å². The van der Waals surface area contributed by atoms with Crippen LogP contribution in [0, 0.1) is 52.3 Å². The van der Waals surface area contributed by atoms with Crippen LogP contribution >= 0.6 is 0 Å². The van der Waals surface area contributed by atoms with Crippen molar-refractivity contribution in [2.45, 2.75) is 98.3 Å². The number of ketones is 1. The van der Waals surface area contributed by atoms with E-state index in [4.69, 9.17) is 5.11 Å². The van der Waals surface area contributed by atoms with E-state index in [1.54, 1.807) is 0 Å². The second-order valence-corrected chi connectivity index (χ2v) is 11.7. The molecule has 1 N–H and O–H groups in total. The molecular formula is C26H42O3. The molecular weight excluding hydrogens is 360 g/mol. The Hall–Kier alpha value is -0.860. The van der Waals surface area contributed by atoms with Crippen molar-refractivity contribution in [2.75, 3.05) is 0 Å². The van der Waals surface area contributed by atoms with E-state index in [1.807, 2.05) is 0 Å². The molecule has 9 atom stereocenters. The maximum atomic E-state index is 13.9. The van der Waals surface area contributed by atoms with Crippen molar-refractivity contribution in [3.05, 3.63) is 0 Å². The van der Waals surface area contributed by atoms with Crippen molar-refractivity contribution in [3.8, 4) is 0 Å². The van der Waals surface area contributed by atoms with Crippen LogP contribution in [-0.2, 0) is 9.59 Å². The first-order chi connectivity index (χ1) is 13.7. The largest absolute Gasteiger partial charge is 0.481 e. The van der Waals surface area contributed by atoms with Gasteiger partial charge in [0.1, 0.15) is 5.78 Å². The van der Waals surface area contributed by atoms with Gasteiger partial charge in [-0.25, -0.2) is 0 Å². The second kappa shape index (κ2) is 7.68. The third kappa shape index (κ3) is 3.21. The van der Waals surface area contributed by atoms with E-state index in [9.17, 15) is 9.59 Å². The van der Waals surface area contributed by atoms with Crippen molar-refractivity contribution in [1.82, 2.24) is 0 Å². The summed E-state index contributed by atoms with van der Waals surface area (Å²) >= 11 is 0. The van der Waals surface area contributed by atoms with Gasteiger partial charge in [-0.2, -0.15) is 0 Å². The van der Waals surface area contributed by atoms with Gasteiger partial charge < -0.3 is 5.11 Å². The number of Topliss-reactive ketones (excluding diaryl/α,β-unsaturated/α-hetero) is 1. The van der Waals surface area contributed by atoms with Gasteiger partial charge in [0, 0.05) is 18.3 Å². The van der Waals surface area contributed by atoms with E-state index in [2.05, 4.69) is 27.7 Å². The topological polar surface area (TPSA) is 54.4 Å². The highest BCUT2D eigenvalue weighted by atomic mass is 16.4. The summed E-state index contributed by atoms with van der Waals surface area (Å²) in [5.74, 6) is 3.26. The molecule has 0 heterocycles. The van der Waals surface area contributed by atoms with Crippen LogP contribution in [0.3, 0.4) is 0 Å². The minimum absolute atomic E-state index is 0.227. The number of carboxylic acids is 1. The standard InChI is InChI=1S/C26H42O3/c1-5-17-19-8-6-7-14-25(19,3)21-13-15-26(4)18(16(2)9-12-22(27)28)10-11-20(26)23(21)24(17)29/h16-21,23H,5-15H2,1-4H3,(H,27,28)/t16-,17+,18-,19?,20+,21+,23+,25+,26-/m1/s1. The molecule has 0 spiro atoms. The predicted molar refractivity (Wildman–Crippen MR) is 115 cm³/mol. The van der Waals surface area contributed by atoms with Crippen LogP contribution in [0.25, 0.3) is 0 Å². The number of aliphatic carboxylic acids is 1. The number of carbonyl (C=O) groups is 2. The monoisotopic (exact) mass is 402 g/mol. The summed E-state index contributed by atoms with van der Waals surface area (Å²) < 4.78 is 0. The zero-order valence-corrected chi connectivity index (χ0v) is 19.1. The molecule has 3 heteroatoms. The van der Waals surface area contributed by atoms with E-state index < -0.39 is 5.97 Å². The van der Waals surface area contributed by atoms with E-state index in [-0.39, 0.29) is 23.7 Å². The molecule has 0 bridgehead atoms. The lowest BCUT2D eigenvalue weighted by Gasteiger charge is -2.62. The molecule has 4 aliphatic carbocycles. The van der Waals surface area contributed by atoms with Gasteiger partial charge in [0.2, 0.25) is 0 Å². The quantitative estimate of drug-likeness (QED) is 0.583. The Kier molecular flexibility index (Phi) is 5.66. The molecule has 4 saturated carbocycles. The van der Waals surface area contributed by atoms with Crippen molar-refractivity contribution in [1.29, 1.82) is 0 Å². The molecule has 3 nitrogen and oxygen atoms in total. The van der Waals surface area contributed by atoms with Crippen molar-refractivity contribution >= 4 is 11.8 Å². The highest BCUT2D eigenvalue weighted by Crippen LogP contribution is 2.68. The molecule has 0 aromatic rings. The maximum Gasteiger partial charge on any atom is 0.303 e. The summed E-state index contributed by atoms with van der Waals surface area (Å²) in [7, 11) is 0. The molecule has 4 fully saturated rings. The molecule has 1 unspecified atom stereocenters. The number of carbonyl (C=O) groups excluding carboxylic acids is 1. The van der Waals surface area contributed by atoms with Gasteiger partial charge in [-0.05, 0) is 91.8 Å². The van der Waals surface area contributed by atoms with Gasteiger partial charge >= 0.3 is 5.97 Å². The molecule has 0 aromatic heterocycles. The van der Waals surface area contributed by atoms with Crippen LogP contribution in [-0.4, -0.2) is 16.9 Å². The van der Waals surface area contributed by atoms with E-state index in [1.165, 1.54) is 51.4 Å². The molecule has 0 saturated heterocycles. The number of carboxylic acid groups (broad SMARTS) is 1. The molecule has 0 amide bonds. The van der Waals surface area contributed by atoms with Crippen LogP contribution in [0.4, 0.5) is 0 Å². The fourth-order valence-electron chi connectivity index (χ4n) is 9.24. The zero-order chi connectivity index (χ0) is 21.0. The Morgan fingerprint density at radius 3 is 2.45 bits per heavy atom.